The molecule has 1 atom stereocenters. The van der Waals surface area contributed by atoms with E-state index >= 15 is 0 Å². The third-order valence-corrected chi connectivity index (χ3v) is 5.38. The summed E-state index contributed by atoms with van der Waals surface area (Å²) in [5.41, 5.74) is 4.77. The minimum atomic E-state index is 0.366. The van der Waals surface area contributed by atoms with Crippen molar-refractivity contribution in [2.24, 2.45) is 0 Å². The normalized spacial score (nSPS) is 18.7. The summed E-state index contributed by atoms with van der Waals surface area (Å²) in [6.45, 7) is 3.37. The highest BCUT2D eigenvalue weighted by molar-refractivity contribution is 5.83. The molecular formula is C21H22N4O. The molecule has 5 nitrogen and oxygen atoms in total. The lowest BCUT2D eigenvalue weighted by molar-refractivity contribution is -0.0115. The Morgan fingerprint density at radius 3 is 2.88 bits per heavy atom. The molecule has 132 valence electrons. The second-order valence-electron chi connectivity index (χ2n) is 6.98. The fourth-order valence-electron chi connectivity index (χ4n) is 3.98. The molecule has 2 aromatic heterocycles. The quantitative estimate of drug-likeness (QED) is 0.595. The topological polar surface area (TPSA) is 56.9 Å². The first-order valence-corrected chi connectivity index (χ1v) is 9.17. The Kier molecular flexibility index (Phi) is 3.96. The van der Waals surface area contributed by atoms with Crippen molar-refractivity contribution in [1.29, 1.82) is 0 Å². The van der Waals surface area contributed by atoms with Crippen LogP contribution >= 0.6 is 0 Å². The summed E-state index contributed by atoms with van der Waals surface area (Å²) in [5.74, 6) is 0. The Labute approximate surface area is 152 Å². The molecule has 3 heterocycles. The van der Waals surface area contributed by atoms with Crippen LogP contribution in [0.4, 0.5) is 0 Å². The number of rotatable bonds is 4. The number of para-hydroxylation sites is 2. The summed E-state index contributed by atoms with van der Waals surface area (Å²) >= 11 is 0. The molecule has 1 saturated heterocycles. The maximum absolute atomic E-state index is 5.80. The Morgan fingerprint density at radius 2 is 1.92 bits per heavy atom. The van der Waals surface area contributed by atoms with Crippen molar-refractivity contribution in [3.63, 3.8) is 0 Å². The number of aromatic nitrogens is 3. The lowest BCUT2D eigenvalue weighted by Crippen LogP contribution is -2.46. The molecule has 0 saturated carbocycles. The third kappa shape index (κ3) is 2.79. The number of H-pyrrole nitrogens is 2. The maximum atomic E-state index is 5.80. The van der Waals surface area contributed by atoms with Crippen LogP contribution in [0.3, 0.4) is 0 Å². The SMILES string of the molecule is c1ccc2c(CN3CCOC[C@@H]3Cc3c[nH]c4ccccc34)[nH]nc2c1. The van der Waals surface area contributed by atoms with Crippen LogP contribution in [0.5, 0.6) is 0 Å². The molecule has 0 bridgehead atoms. The zero-order valence-corrected chi connectivity index (χ0v) is 14.6. The van der Waals surface area contributed by atoms with E-state index in [2.05, 4.69) is 68.7 Å². The highest BCUT2D eigenvalue weighted by Gasteiger charge is 2.25. The highest BCUT2D eigenvalue weighted by atomic mass is 16.5. The number of hydrogen-bond donors (Lipinski definition) is 2. The average Bonchev–Trinajstić information content (AvgIpc) is 3.28. The van der Waals surface area contributed by atoms with Crippen molar-refractivity contribution < 1.29 is 4.74 Å². The van der Waals surface area contributed by atoms with Gasteiger partial charge in [0.1, 0.15) is 0 Å². The number of ether oxygens (including phenoxy) is 1. The molecule has 0 unspecified atom stereocenters. The van der Waals surface area contributed by atoms with Gasteiger partial charge in [0.15, 0.2) is 0 Å². The first-order valence-electron chi connectivity index (χ1n) is 9.17. The molecule has 1 fully saturated rings. The van der Waals surface area contributed by atoms with Gasteiger partial charge in [0.2, 0.25) is 0 Å². The van der Waals surface area contributed by atoms with Crippen LogP contribution in [0.25, 0.3) is 21.8 Å². The molecule has 26 heavy (non-hydrogen) atoms. The van der Waals surface area contributed by atoms with E-state index < -0.39 is 0 Å². The van der Waals surface area contributed by atoms with Gasteiger partial charge in [0.25, 0.3) is 0 Å². The lowest BCUT2D eigenvalue weighted by atomic mass is 10.0. The van der Waals surface area contributed by atoms with Crippen LogP contribution in [0.15, 0.2) is 54.7 Å². The monoisotopic (exact) mass is 346 g/mol. The molecule has 0 radical (unpaired) electrons. The summed E-state index contributed by atoms with van der Waals surface area (Å²) < 4.78 is 5.80. The van der Waals surface area contributed by atoms with E-state index in [0.717, 1.165) is 38.2 Å². The van der Waals surface area contributed by atoms with Gasteiger partial charge in [-0.3, -0.25) is 10.00 Å². The Bertz CT molecular complexity index is 951. The molecule has 1 aliphatic heterocycles. The van der Waals surface area contributed by atoms with Gasteiger partial charge in [-0.25, -0.2) is 0 Å². The molecule has 2 N–H and O–H groups in total. The molecule has 0 spiro atoms. The summed E-state index contributed by atoms with van der Waals surface area (Å²) in [7, 11) is 0. The molecule has 1 aliphatic rings. The fraction of sp³-hybridized carbons (Fsp3) is 0.286. The zero-order valence-electron chi connectivity index (χ0n) is 14.6. The third-order valence-electron chi connectivity index (χ3n) is 5.38. The van der Waals surface area contributed by atoms with Crippen LogP contribution in [0, 0.1) is 0 Å². The van der Waals surface area contributed by atoms with Crippen molar-refractivity contribution in [1.82, 2.24) is 20.1 Å². The zero-order chi connectivity index (χ0) is 17.3. The van der Waals surface area contributed by atoms with E-state index in [0.29, 0.717) is 6.04 Å². The Morgan fingerprint density at radius 1 is 1.08 bits per heavy atom. The van der Waals surface area contributed by atoms with E-state index in [4.69, 9.17) is 4.74 Å². The summed E-state index contributed by atoms with van der Waals surface area (Å²) in [6.07, 6.45) is 3.12. The van der Waals surface area contributed by atoms with Crippen LogP contribution in [-0.4, -0.2) is 45.9 Å². The van der Waals surface area contributed by atoms with Gasteiger partial charge in [0.05, 0.1) is 24.4 Å². The number of aromatic amines is 2. The summed E-state index contributed by atoms with van der Waals surface area (Å²) in [4.78, 5) is 5.91. The number of benzene rings is 2. The standard InChI is InChI=1S/C21H22N4O/c1-3-7-19-17(5-1)15(12-22-19)11-16-14-26-10-9-25(16)13-21-18-6-2-4-8-20(18)23-24-21/h1-8,12,16,22H,9-11,13-14H2,(H,23,24)/t16-/m0/s1. The Hall–Kier alpha value is -2.63. The first-order chi connectivity index (χ1) is 12.9. The number of nitrogens with zero attached hydrogens (tertiary/aromatic N) is 2. The van der Waals surface area contributed by atoms with Crippen molar-refractivity contribution in [3.8, 4) is 0 Å². The predicted octanol–water partition coefficient (Wildman–Crippen LogP) is 3.49. The highest BCUT2D eigenvalue weighted by Crippen LogP contribution is 2.24. The van der Waals surface area contributed by atoms with Crippen molar-refractivity contribution in [2.45, 2.75) is 19.0 Å². The van der Waals surface area contributed by atoms with Crippen molar-refractivity contribution in [3.05, 3.63) is 66.0 Å². The first kappa shape index (κ1) is 15.6. The largest absolute Gasteiger partial charge is 0.378 e. The smallest absolute Gasteiger partial charge is 0.0924 e. The van der Waals surface area contributed by atoms with Gasteiger partial charge < -0.3 is 9.72 Å². The fourth-order valence-corrected chi connectivity index (χ4v) is 3.98. The average molecular weight is 346 g/mol. The minimum Gasteiger partial charge on any atom is -0.378 e. The molecule has 2 aromatic carbocycles. The van der Waals surface area contributed by atoms with E-state index in [1.807, 2.05) is 6.07 Å². The maximum Gasteiger partial charge on any atom is 0.0924 e. The van der Waals surface area contributed by atoms with E-state index in [1.54, 1.807) is 0 Å². The number of hydrogen-bond acceptors (Lipinski definition) is 3. The molecule has 0 amide bonds. The lowest BCUT2D eigenvalue weighted by Gasteiger charge is -2.35. The van der Waals surface area contributed by atoms with E-state index in [9.17, 15) is 0 Å². The predicted molar refractivity (Wildman–Crippen MR) is 103 cm³/mol. The number of fused-ring (bicyclic) bond motifs is 2. The Balaban J connectivity index is 1.40. The van der Waals surface area contributed by atoms with Gasteiger partial charge >= 0.3 is 0 Å². The number of morpholine rings is 1. The van der Waals surface area contributed by atoms with Crippen LogP contribution in [-0.2, 0) is 17.7 Å². The minimum absolute atomic E-state index is 0.366. The molecule has 4 aromatic rings. The summed E-state index contributed by atoms with van der Waals surface area (Å²) in [5, 5.41) is 10.2. The van der Waals surface area contributed by atoms with Gasteiger partial charge in [-0.15, -0.1) is 0 Å². The molecule has 0 aliphatic carbocycles. The van der Waals surface area contributed by atoms with Crippen molar-refractivity contribution >= 4 is 21.8 Å². The van der Waals surface area contributed by atoms with Gasteiger partial charge in [-0.2, -0.15) is 5.10 Å². The van der Waals surface area contributed by atoms with Crippen LogP contribution in [0.1, 0.15) is 11.3 Å². The molecule has 5 rings (SSSR count). The second kappa shape index (κ2) is 6.59. The molecular weight excluding hydrogens is 324 g/mol. The van der Waals surface area contributed by atoms with Crippen LogP contribution in [0.2, 0.25) is 0 Å². The van der Waals surface area contributed by atoms with Crippen molar-refractivity contribution in [2.75, 3.05) is 19.8 Å². The number of nitrogens with one attached hydrogen (secondary N) is 2. The van der Waals surface area contributed by atoms with E-state index in [1.165, 1.54) is 27.5 Å². The second-order valence-corrected chi connectivity index (χ2v) is 6.98. The molecule has 5 heteroatoms. The van der Waals surface area contributed by atoms with Gasteiger partial charge in [-0.1, -0.05) is 36.4 Å². The summed E-state index contributed by atoms with van der Waals surface area (Å²) in [6, 6.07) is 17.2. The van der Waals surface area contributed by atoms with Crippen LogP contribution < -0.4 is 0 Å². The van der Waals surface area contributed by atoms with E-state index in [-0.39, 0.29) is 0 Å². The van der Waals surface area contributed by atoms with Gasteiger partial charge in [-0.05, 0) is 24.1 Å². The van der Waals surface area contributed by atoms with Gasteiger partial charge in [0, 0.05) is 41.6 Å².